The highest BCUT2D eigenvalue weighted by Crippen LogP contribution is 2.27. The number of thiazole rings is 1. The molecule has 2 aromatic heterocycles. The van der Waals surface area contributed by atoms with E-state index in [-0.39, 0.29) is 17.9 Å². The molecular weight excluding hydrogens is 310 g/mol. The van der Waals surface area contributed by atoms with Crippen LogP contribution in [0.2, 0.25) is 0 Å². The van der Waals surface area contributed by atoms with E-state index in [1.807, 2.05) is 36.9 Å². The van der Waals surface area contributed by atoms with Crippen LogP contribution in [0.3, 0.4) is 0 Å². The molecule has 0 spiro atoms. The molecule has 2 unspecified atom stereocenters. The van der Waals surface area contributed by atoms with Gasteiger partial charge >= 0.3 is 0 Å². The summed E-state index contributed by atoms with van der Waals surface area (Å²) in [6, 6.07) is 1.93. The number of carbonyl (C=O) groups is 1. The van der Waals surface area contributed by atoms with Gasteiger partial charge in [-0.2, -0.15) is 0 Å². The van der Waals surface area contributed by atoms with Gasteiger partial charge in [-0.1, -0.05) is 6.42 Å². The number of aryl methyl sites for hydroxylation is 1. The van der Waals surface area contributed by atoms with Gasteiger partial charge in [0, 0.05) is 42.5 Å². The van der Waals surface area contributed by atoms with E-state index >= 15 is 0 Å². The first kappa shape index (κ1) is 16.2. The van der Waals surface area contributed by atoms with E-state index in [2.05, 4.69) is 4.98 Å². The lowest BCUT2D eigenvalue weighted by Gasteiger charge is -2.23. The number of nitrogens with zero attached hydrogens (tertiary/aromatic N) is 3. The van der Waals surface area contributed by atoms with E-state index in [9.17, 15) is 9.90 Å². The van der Waals surface area contributed by atoms with Crippen LogP contribution in [0.5, 0.6) is 0 Å². The van der Waals surface area contributed by atoms with Crippen LogP contribution >= 0.6 is 11.3 Å². The van der Waals surface area contributed by atoms with Crippen molar-refractivity contribution in [2.24, 2.45) is 5.92 Å². The van der Waals surface area contributed by atoms with Crippen molar-refractivity contribution in [3.63, 3.8) is 0 Å². The van der Waals surface area contributed by atoms with Gasteiger partial charge in [-0.05, 0) is 32.8 Å². The second-order valence-corrected chi connectivity index (χ2v) is 7.25. The lowest BCUT2D eigenvalue weighted by molar-refractivity contribution is 0.0693. The Labute approximate surface area is 140 Å². The lowest BCUT2D eigenvalue weighted by Crippen LogP contribution is -2.34. The molecule has 1 saturated carbocycles. The van der Waals surface area contributed by atoms with Gasteiger partial charge < -0.3 is 10.0 Å². The number of aliphatic hydroxyl groups is 1. The minimum atomic E-state index is -0.270. The first-order chi connectivity index (χ1) is 11.0. The Morgan fingerprint density at radius 1 is 1.48 bits per heavy atom. The highest BCUT2D eigenvalue weighted by Gasteiger charge is 2.29. The summed E-state index contributed by atoms with van der Waals surface area (Å²) in [5, 5.41) is 12.8. The minimum absolute atomic E-state index is 0.0139. The van der Waals surface area contributed by atoms with Crippen molar-refractivity contribution in [2.45, 2.75) is 39.2 Å². The molecule has 23 heavy (non-hydrogen) atoms. The topological polar surface area (TPSA) is 58.4 Å². The summed E-state index contributed by atoms with van der Waals surface area (Å²) in [6.07, 6.45) is 4.40. The van der Waals surface area contributed by atoms with Crippen LogP contribution in [0.4, 0.5) is 0 Å². The molecule has 2 heterocycles. The average Bonchev–Trinajstić information content (AvgIpc) is 3.21. The maximum atomic E-state index is 12.8. The van der Waals surface area contributed by atoms with Gasteiger partial charge in [-0.3, -0.25) is 9.36 Å². The molecule has 5 nitrogen and oxygen atoms in total. The first-order valence-corrected chi connectivity index (χ1v) is 8.89. The Morgan fingerprint density at radius 2 is 2.26 bits per heavy atom. The van der Waals surface area contributed by atoms with Crippen molar-refractivity contribution in [3.05, 3.63) is 34.6 Å². The molecule has 1 fully saturated rings. The Kier molecular flexibility index (Phi) is 4.55. The number of amides is 1. The van der Waals surface area contributed by atoms with E-state index in [0.29, 0.717) is 12.1 Å². The highest BCUT2D eigenvalue weighted by atomic mass is 32.1. The van der Waals surface area contributed by atoms with Gasteiger partial charge in [0.25, 0.3) is 5.91 Å². The molecule has 3 rings (SSSR count). The minimum Gasteiger partial charge on any atom is -0.393 e. The number of hydrogen-bond acceptors (Lipinski definition) is 4. The standard InChI is InChI=1S/C17H23N3O2S/c1-11-9-14(12(2)20(11)17-18-7-8-23-17)16(22)19(3)10-13-5-4-6-15(13)21/h7-9,13,15,21H,4-6,10H2,1-3H3. The maximum absolute atomic E-state index is 12.8. The summed E-state index contributed by atoms with van der Waals surface area (Å²) in [5.74, 6) is 0.214. The summed E-state index contributed by atoms with van der Waals surface area (Å²) in [7, 11) is 1.82. The Hall–Kier alpha value is -1.66. The predicted octanol–water partition coefficient (Wildman–Crippen LogP) is 2.78. The van der Waals surface area contributed by atoms with Crippen molar-refractivity contribution in [1.29, 1.82) is 0 Å². The summed E-state index contributed by atoms with van der Waals surface area (Å²) < 4.78 is 2.02. The molecular formula is C17H23N3O2S. The van der Waals surface area contributed by atoms with Gasteiger partial charge in [-0.25, -0.2) is 4.98 Å². The zero-order valence-corrected chi connectivity index (χ0v) is 14.6. The van der Waals surface area contributed by atoms with Crippen molar-refractivity contribution in [1.82, 2.24) is 14.5 Å². The number of rotatable bonds is 4. The molecule has 0 saturated heterocycles. The van der Waals surface area contributed by atoms with Gasteiger partial charge in [-0.15, -0.1) is 11.3 Å². The van der Waals surface area contributed by atoms with Crippen LogP contribution in [0.1, 0.15) is 41.0 Å². The van der Waals surface area contributed by atoms with Gasteiger partial charge in [0.2, 0.25) is 0 Å². The van der Waals surface area contributed by atoms with Crippen LogP contribution in [0.15, 0.2) is 17.6 Å². The van der Waals surface area contributed by atoms with Crippen molar-refractivity contribution in [3.8, 4) is 5.13 Å². The van der Waals surface area contributed by atoms with Crippen LogP contribution < -0.4 is 0 Å². The number of aliphatic hydroxyl groups excluding tert-OH is 1. The predicted molar refractivity (Wildman–Crippen MR) is 91.2 cm³/mol. The van der Waals surface area contributed by atoms with Crippen LogP contribution in [-0.2, 0) is 0 Å². The fourth-order valence-corrected chi connectivity index (χ4v) is 4.22. The van der Waals surface area contributed by atoms with Gasteiger partial charge in [0.1, 0.15) is 0 Å². The molecule has 1 N–H and O–H groups in total. The molecule has 124 valence electrons. The van der Waals surface area contributed by atoms with Crippen molar-refractivity contribution < 1.29 is 9.90 Å². The monoisotopic (exact) mass is 333 g/mol. The largest absolute Gasteiger partial charge is 0.393 e. The molecule has 2 aromatic rings. The molecule has 0 bridgehead atoms. The van der Waals surface area contributed by atoms with Crippen molar-refractivity contribution >= 4 is 17.2 Å². The molecule has 0 aromatic carbocycles. The van der Waals surface area contributed by atoms with E-state index in [1.165, 1.54) is 0 Å². The molecule has 0 radical (unpaired) electrons. The van der Waals surface area contributed by atoms with Crippen LogP contribution in [-0.4, -0.2) is 45.2 Å². The number of aromatic nitrogens is 2. The third kappa shape index (κ3) is 3.05. The Bertz CT molecular complexity index is 693. The molecule has 0 aliphatic heterocycles. The number of carbonyl (C=O) groups excluding carboxylic acids is 1. The quantitative estimate of drug-likeness (QED) is 0.936. The molecule has 2 atom stereocenters. The Morgan fingerprint density at radius 3 is 2.87 bits per heavy atom. The summed E-state index contributed by atoms with van der Waals surface area (Å²) in [5.41, 5.74) is 2.64. The smallest absolute Gasteiger partial charge is 0.255 e. The summed E-state index contributed by atoms with van der Waals surface area (Å²) in [4.78, 5) is 18.9. The second kappa shape index (κ2) is 6.45. The normalized spacial score (nSPS) is 20.9. The first-order valence-electron chi connectivity index (χ1n) is 8.01. The van der Waals surface area contributed by atoms with Gasteiger partial charge in [0.05, 0.1) is 11.7 Å². The van der Waals surface area contributed by atoms with E-state index < -0.39 is 0 Å². The molecule has 1 amide bonds. The summed E-state index contributed by atoms with van der Waals surface area (Å²) >= 11 is 1.56. The van der Waals surface area contributed by atoms with Crippen LogP contribution in [0.25, 0.3) is 5.13 Å². The van der Waals surface area contributed by atoms with Crippen molar-refractivity contribution in [2.75, 3.05) is 13.6 Å². The third-order valence-electron chi connectivity index (χ3n) is 4.75. The zero-order chi connectivity index (χ0) is 16.6. The lowest BCUT2D eigenvalue weighted by atomic mass is 10.1. The Balaban J connectivity index is 1.81. The molecule has 6 heteroatoms. The summed E-state index contributed by atoms with van der Waals surface area (Å²) in [6.45, 7) is 4.56. The van der Waals surface area contributed by atoms with E-state index in [1.54, 1.807) is 22.4 Å². The second-order valence-electron chi connectivity index (χ2n) is 6.38. The van der Waals surface area contributed by atoms with E-state index in [4.69, 9.17) is 0 Å². The highest BCUT2D eigenvalue weighted by molar-refractivity contribution is 7.12. The average molecular weight is 333 g/mol. The zero-order valence-electron chi connectivity index (χ0n) is 13.8. The number of hydrogen-bond donors (Lipinski definition) is 1. The third-order valence-corrected chi connectivity index (χ3v) is 5.50. The fourth-order valence-electron chi connectivity index (χ4n) is 3.47. The van der Waals surface area contributed by atoms with Gasteiger partial charge in [0.15, 0.2) is 5.13 Å². The SMILES string of the molecule is Cc1cc(C(=O)N(C)CC2CCCC2O)c(C)n1-c1nccs1. The fraction of sp³-hybridized carbons (Fsp3) is 0.529. The maximum Gasteiger partial charge on any atom is 0.255 e. The molecule has 1 aliphatic carbocycles. The van der Waals surface area contributed by atoms with E-state index in [0.717, 1.165) is 35.8 Å². The van der Waals surface area contributed by atoms with Crippen LogP contribution in [0, 0.1) is 19.8 Å². The molecule has 1 aliphatic rings.